The molecule has 0 aromatic carbocycles. The Morgan fingerprint density at radius 2 is 1.74 bits per heavy atom. The molecule has 5 rings (SSSR count). The van der Waals surface area contributed by atoms with E-state index in [1.165, 1.54) is 19.3 Å². The van der Waals surface area contributed by atoms with Gasteiger partial charge < -0.3 is 20.1 Å². The number of aliphatic hydroxyl groups excluding tert-OH is 1. The van der Waals surface area contributed by atoms with Gasteiger partial charge in [-0.25, -0.2) is 4.79 Å². The zero-order valence-electron chi connectivity index (χ0n) is 16.4. The molecule has 4 saturated carbocycles. The van der Waals surface area contributed by atoms with E-state index in [0.717, 1.165) is 42.7 Å². The number of carbonyl (C=O) groups is 2. The lowest BCUT2D eigenvalue weighted by Gasteiger charge is -2.56. The Kier molecular flexibility index (Phi) is 4.57. The van der Waals surface area contributed by atoms with E-state index in [1.807, 2.05) is 6.92 Å². The van der Waals surface area contributed by atoms with Crippen LogP contribution in [0.15, 0.2) is 0 Å². The minimum absolute atomic E-state index is 0.0728. The summed E-state index contributed by atoms with van der Waals surface area (Å²) in [7, 11) is 0. The Labute approximate surface area is 160 Å². The lowest BCUT2D eigenvalue weighted by Crippen LogP contribution is -2.60. The Hall–Kier alpha value is -1.82. The van der Waals surface area contributed by atoms with Gasteiger partial charge in [-0.3, -0.25) is 4.79 Å². The van der Waals surface area contributed by atoms with Crippen LogP contribution in [-0.4, -0.2) is 34.1 Å². The second kappa shape index (κ2) is 6.66. The van der Waals surface area contributed by atoms with Crippen LogP contribution in [-0.2, 0) is 9.53 Å². The zero-order chi connectivity index (χ0) is 19.3. The molecule has 1 amide bonds. The first kappa shape index (κ1) is 18.5. The van der Waals surface area contributed by atoms with Gasteiger partial charge in [0.05, 0.1) is 6.10 Å². The van der Waals surface area contributed by atoms with Crippen molar-refractivity contribution in [3.63, 3.8) is 0 Å². The molecule has 1 aromatic heterocycles. The van der Waals surface area contributed by atoms with Gasteiger partial charge in [0.2, 0.25) is 0 Å². The monoisotopic (exact) mass is 374 g/mol. The summed E-state index contributed by atoms with van der Waals surface area (Å²) in [5.41, 5.74) is 2.36. The van der Waals surface area contributed by atoms with E-state index < -0.39 is 12.1 Å². The summed E-state index contributed by atoms with van der Waals surface area (Å²) in [5, 5.41) is 13.1. The number of hydrogen-bond acceptors (Lipinski definition) is 4. The summed E-state index contributed by atoms with van der Waals surface area (Å²) in [6.45, 7) is 4.99. The van der Waals surface area contributed by atoms with Crippen molar-refractivity contribution in [2.75, 3.05) is 6.61 Å². The number of aromatic amines is 1. The fourth-order valence-electron chi connectivity index (χ4n) is 6.39. The highest BCUT2D eigenvalue weighted by molar-refractivity contribution is 5.91. The van der Waals surface area contributed by atoms with Gasteiger partial charge in [-0.15, -0.1) is 0 Å². The summed E-state index contributed by atoms with van der Waals surface area (Å²) in [6, 6.07) is 0. The molecule has 0 aliphatic heterocycles. The van der Waals surface area contributed by atoms with E-state index in [2.05, 4.69) is 10.3 Å². The number of aromatic nitrogens is 1. The normalized spacial score (nSPS) is 32.4. The first-order chi connectivity index (χ1) is 12.8. The van der Waals surface area contributed by atoms with Crippen molar-refractivity contribution >= 4 is 11.9 Å². The highest BCUT2D eigenvalue weighted by Gasteiger charge is 2.51. The molecule has 4 aliphatic rings. The van der Waals surface area contributed by atoms with Gasteiger partial charge in [-0.2, -0.15) is 0 Å². The first-order valence-corrected chi connectivity index (χ1v) is 10.1. The third kappa shape index (κ3) is 3.40. The highest BCUT2D eigenvalue weighted by Crippen LogP contribution is 2.55. The molecule has 0 unspecified atom stereocenters. The fraction of sp³-hybridized carbons (Fsp3) is 0.714. The topological polar surface area (TPSA) is 91.4 Å². The second-order valence-electron chi connectivity index (χ2n) is 9.16. The smallest absolute Gasteiger partial charge is 0.355 e. The van der Waals surface area contributed by atoms with Crippen molar-refractivity contribution in [1.29, 1.82) is 0 Å². The molecule has 6 nitrogen and oxygen atoms in total. The molecule has 1 atom stereocenters. The number of H-pyrrole nitrogens is 1. The molecule has 1 aromatic rings. The Balaban J connectivity index is 1.36. The summed E-state index contributed by atoms with van der Waals surface area (Å²) in [5.74, 6) is 1.50. The third-order valence-electron chi connectivity index (χ3n) is 6.89. The molecule has 0 saturated heterocycles. The van der Waals surface area contributed by atoms with E-state index in [9.17, 15) is 14.7 Å². The quantitative estimate of drug-likeness (QED) is 0.691. The minimum atomic E-state index is -0.665. The van der Waals surface area contributed by atoms with Crippen LogP contribution in [0.1, 0.15) is 78.9 Å². The van der Waals surface area contributed by atoms with Crippen LogP contribution in [0.2, 0.25) is 0 Å². The van der Waals surface area contributed by atoms with Gasteiger partial charge in [0.25, 0.3) is 5.91 Å². The van der Waals surface area contributed by atoms with Crippen molar-refractivity contribution in [3.8, 4) is 0 Å². The van der Waals surface area contributed by atoms with Gasteiger partial charge in [0.1, 0.15) is 5.69 Å². The molecular weight excluding hydrogens is 344 g/mol. The van der Waals surface area contributed by atoms with E-state index in [-0.39, 0.29) is 18.1 Å². The maximum Gasteiger partial charge on any atom is 0.355 e. The average Bonchev–Trinajstić information content (AvgIpc) is 2.85. The third-order valence-corrected chi connectivity index (χ3v) is 6.89. The molecule has 4 bridgehead atoms. The molecule has 27 heavy (non-hydrogen) atoms. The maximum atomic E-state index is 12.5. The van der Waals surface area contributed by atoms with Crippen LogP contribution in [0.5, 0.6) is 0 Å². The molecule has 148 valence electrons. The van der Waals surface area contributed by atoms with Crippen LogP contribution >= 0.6 is 0 Å². The van der Waals surface area contributed by atoms with Crippen molar-refractivity contribution in [3.05, 3.63) is 22.5 Å². The lowest BCUT2D eigenvalue weighted by atomic mass is 9.53. The molecule has 4 fully saturated rings. The molecule has 1 heterocycles. The molecule has 3 N–H and O–H groups in total. The highest BCUT2D eigenvalue weighted by atomic mass is 16.5. The molecule has 4 aliphatic carbocycles. The van der Waals surface area contributed by atoms with Gasteiger partial charge in [-0.05, 0) is 82.6 Å². The van der Waals surface area contributed by atoms with Crippen molar-refractivity contribution in [2.24, 2.45) is 17.8 Å². The molecular formula is C21H30N2O4. The summed E-state index contributed by atoms with van der Waals surface area (Å²) < 4.78 is 5.27. The molecule has 0 spiro atoms. The van der Waals surface area contributed by atoms with Crippen molar-refractivity contribution in [2.45, 2.75) is 70.9 Å². The number of nitrogens with one attached hydrogen (secondary N) is 2. The van der Waals surface area contributed by atoms with E-state index in [4.69, 9.17) is 4.74 Å². The summed E-state index contributed by atoms with van der Waals surface area (Å²) in [6.07, 6.45) is 6.52. The number of aliphatic hydroxyl groups is 1. The predicted molar refractivity (Wildman–Crippen MR) is 100 cm³/mol. The van der Waals surface area contributed by atoms with Gasteiger partial charge in [0, 0.05) is 16.8 Å². The summed E-state index contributed by atoms with van der Waals surface area (Å²) >= 11 is 0. The van der Waals surface area contributed by atoms with Crippen molar-refractivity contribution < 1.29 is 19.4 Å². The lowest BCUT2D eigenvalue weighted by molar-refractivity contribution is -0.130. The number of hydrogen-bond donors (Lipinski definition) is 3. The molecule has 0 radical (unpaired) electrons. The Morgan fingerprint density at radius 1 is 1.19 bits per heavy atom. The Morgan fingerprint density at radius 3 is 2.22 bits per heavy atom. The number of rotatable bonds is 5. The number of carbonyl (C=O) groups excluding carboxylic acids is 2. The maximum absolute atomic E-state index is 12.5. The largest absolute Gasteiger partial charge is 0.451 e. The van der Waals surface area contributed by atoms with Gasteiger partial charge in [-0.1, -0.05) is 0 Å². The van der Waals surface area contributed by atoms with Crippen LogP contribution in [0.4, 0.5) is 0 Å². The number of amides is 1. The van der Waals surface area contributed by atoms with Crippen molar-refractivity contribution in [1.82, 2.24) is 10.3 Å². The van der Waals surface area contributed by atoms with E-state index in [1.54, 1.807) is 13.8 Å². The van der Waals surface area contributed by atoms with Crippen LogP contribution < -0.4 is 5.32 Å². The average molecular weight is 374 g/mol. The number of esters is 1. The first-order valence-electron chi connectivity index (χ1n) is 10.1. The summed E-state index contributed by atoms with van der Waals surface area (Å²) in [4.78, 5) is 27.9. The standard InChI is InChI=1S/C21H30N2O4/c1-11-18(13(3)24)12(2)22-19(11)20(26)27-10-17(25)23-21-7-14-4-15(8-21)6-16(5-14)9-21/h13-16,22,24H,4-10H2,1-3H3,(H,23,25)/t13-,14?,15?,16?,21?/m1/s1. The number of ether oxygens (including phenoxy) is 1. The zero-order valence-corrected chi connectivity index (χ0v) is 16.4. The van der Waals surface area contributed by atoms with Crippen LogP contribution in [0, 0.1) is 31.6 Å². The van der Waals surface area contributed by atoms with Crippen LogP contribution in [0.25, 0.3) is 0 Å². The second-order valence-corrected chi connectivity index (χ2v) is 9.16. The Bertz CT molecular complexity index is 729. The van der Waals surface area contributed by atoms with E-state index in [0.29, 0.717) is 16.8 Å². The van der Waals surface area contributed by atoms with Gasteiger partial charge in [0.15, 0.2) is 6.61 Å². The predicted octanol–water partition coefficient (Wildman–Crippen LogP) is 2.93. The minimum Gasteiger partial charge on any atom is -0.451 e. The number of aryl methyl sites for hydroxylation is 1. The van der Waals surface area contributed by atoms with E-state index >= 15 is 0 Å². The fourth-order valence-corrected chi connectivity index (χ4v) is 6.39. The van der Waals surface area contributed by atoms with Crippen LogP contribution in [0.3, 0.4) is 0 Å². The molecule has 6 heteroatoms. The SMILES string of the molecule is Cc1[nH]c(C(=O)OCC(=O)NC23CC4CC(CC(C4)C2)C3)c(C)c1[C@@H](C)O. The van der Waals surface area contributed by atoms with Gasteiger partial charge >= 0.3 is 5.97 Å².